The Balaban J connectivity index is 0.000000531. The van der Waals surface area contributed by atoms with E-state index in [1.54, 1.807) is 13.2 Å². The largest absolute Gasteiger partial charge is 0.496 e. The summed E-state index contributed by atoms with van der Waals surface area (Å²) < 4.78 is 18.3. The van der Waals surface area contributed by atoms with Crippen molar-refractivity contribution in [2.45, 2.75) is 20.8 Å². The van der Waals surface area contributed by atoms with Gasteiger partial charge in [-0.25, -0.2) is 4.39 Å². The fraction of sp³-hybridized carbons (Fsp3) is 0.364. The second kappa shape index (κ2) is 4.77. The first-order valence-electron chi connectivity index (χ1n) is 4.91. The van der Waals surface area contributed by atoms with E-state index in [4.69, 9.17) is 4.74 Å². The van der Waals surface area contributed by atoms with Crippen LogP contribution in [0.5, 0.6) is 5.75 Å². The molecule has 1 N–H and O–H groups in total. The summed E-state index contributed by atoms with van der Waals surface area (Å²) in [7, 11) is 1.55. The number of H-pyrrole nitrogens is 1. The number of halogens is 1. The SMILES string of the molecule is CC.COc1ccc(F)c2n[nH]c(C)c12. The number of hydrogen-bond donors (Lipinski definition) is 1. The molecule has 0 bridgehead atoms. The molecular weight excluding hydrogens is 195 g/mol. The number of rotatable bonds is 1. The molecule has 0 aliphatic rings. The molecule has 82 valence electrons. The summed E-state index contributed by atoms with van der Waals surface area (Å²) in [5.74, 6) is 0.308. The zero-order chi connectivity index (χ0) is 11.4. The summed E-state index contributed by atoms with van der Waals surface area (Å²) in [5.41, 5.74) is 1.14. The lowest BCUT2D eigenvalue weighted by atomic mass is 10.2. The van der Waals surface area contributed by atoms with E-state index in [0.29, 0.717) is 16.7 Å². The van der Waals surface area contributed by atoms with Crippen molar-refractivity contribution < 1.29 is 9.13 Å². The highest BCUT2D eigenvalue weighted by molar-refractivity contribution is 5.87. The molecule has 1 heterocycles. The van der Waals surface area contributed by atoms with Crippen LogP contribution in [0.2, 0.25) is 0 Å². The number of fused-ring (bicyclic) bond motifs is 1. The summed E-state index contributed by atoms with van der Waals surface area (Å²) in [4.78, 5) is 0. The van der Waals surface area contributed by atoms with Crippen LogP contribution in [0, 0.1) is 12.7 Å². The zero-order valence-corrected chi connectivity index (χ0v) is 9.39. The molecule has 0 saturated carbocycles. The summed E-state index contributed by atoms with van der Waals surface area (Å²) in [6, 6.07) is 2.95. The van der Waals surface area contributed by atoms with Crippen molar-refractivity contribution in [1.29, 1.82) is 0 Å². The summed E-state index contributed by atoms with van der Waals surface area (Å²) in [6.07, 6.45) is 0. The standard InChI is InChI=1S/C9H9FN2O.C2H6/c1-5-8-7(13-2)4-3-6(10)9(8)12-11-5;1-2/h3-4H,1-2H3,(H,11,12);1-2H3. The number of methoxy groups -OCH3 is 1. The molecule has 0 radical (unpaired) electrons. The molecule has 0 fully saturated rings. The number of aromatic nitrogens is 2. The number of nitrogens with one attached hydrogen (secondary N) is 1. The van der Waals surface area contributed by atoms with Crippen LogP contribution in [0.3, 0.4) is 0 Å². The fourth-order valence-corrected chi connectivity index (χ4v) is 1.38. The fourth-order valence-electron chi connectivity index (χ4n) is 1.38. The number of hydrogen-bond acceptors (Lipinski definition) is 2. The van der Waals surface area contributed by atoms with Gasteiger partial charge in [-0.1, -0.05) is 13.8 Å². The number of aryl methyl sites for hydroxylation is 1. The van der Waals surface area contributed by atoms with E-state index in [9.17, 15) is 4.39 Å². The van der Waals surface area contributed by atoms with E-state index in [1.807, 2.05) is 20.8 Å². The average Bonchev–Trinajstić information content (AvgIpc) is 2.66. The van der Waals surface area contributed by atoms with Crippen molar-refractivity contribution in [3.8, 4) is 5.75 Å². The van der Waals surface area contributed by atoms with E-state index in [1.165, 1.54) is 6.07 Å². The van der Waals surface area contributed by atoms with Crippen LogP contribution in [0.15, 0.2) is 12.1 Å². The first-order valence-corrected chi connectivity index (χ1v) is 4.91. The lowest BCUT2D eigenvalue weighted by molar-refractivity contribution is 0.419. The molecule has 0 atom stereocenters. The lowest BCUT2D eigenvalue weighted by Gasteiger charge is -2.01. The van der Waals surface area contributed by atoms with Crippen molar-refractivity contribution in [2.24, 2.45) is 0 Å². The van der Waals surface area contributed by atoms with E-state index in [-0.39, 0.29) is 5.82 Å². The Kier molecular flexibility index (Phi) is 3.66. The third-order valence-electron chi connectivity index (χ3n) is 2.02. The molecule has 0 aliphatic carbocycles. The maximum absolute atomic E-state index is 13.2. The van der Waals surface area contributed by atoms with Crippen molar-refractivity contribution in [3.05, 3.63) is 23.6 Å². The maximum atomic E-state index is 13.2. The number of aromatic amines is 1. The predicted molar refractivity (Wildman–Crippen MR) is 58.7 cm³/mol. The quantitative estimate of drug-likeness (QED) is 0.785. The van der Waals surface area contributed by atoms with Gasteiger partial charge in [0.25, 0.3) is 0 Å². The maximum Gasteiger partial charge on any atom is 0.151 e. The zero-order valence-electron chi connectivity index (χ0n) is 9.39. The molecule has 3 nitrogen and oxygen atoms in total. The first kappa shape index (κ1) is 11.5. The van der Waals surface area contributed by atoms with E-state index in [0.717, 1.165) is 5.69 Å². The van der Waals surface area contributed by atoms with Crippen molar-refractivity contribution in [3.63, 3.8) is 0 Å². The highest BCUT2D eigenvalue weighted by Crippen LogP contribution is 2.28. The van der Waals surface area contributed by atoms with Gasteiger partial charge >= 0.3 is 0 Å². The van der Waals surface area contributed by atoms with Gasteiger partial charge in [0, 0.05) is 5.69 Å². The van der Waals surface area contributed by atoms with Gasteiger partial charge < -0.3 is 4.74 Å². The number of nitrogens with zero attached hydrogens (tertiary/aromatic N) is 1. The highest BCUT2D eigenvalue weighted by atomic mass is 19.1. The topological polar surface area (TPSA) is 37.9 Å². The summed E-state index contributed by atoms with van der Waals surface area (Å²) in [5, 5.41) is 7.28. The Labute approximate surface area is 88.3 Å². The van der Waals surface area contributed by atoms with E-state index < -0.39 is 0 Å². The third kappa shape index (κ3) is 1.93. The Bertz CT molecular complexity index is 451. The van der Waals surface area contributed by atoms with Crippen LogP contribution >= 0.6 is 0 Å². The van der Waals surface area contributed by atoms with Crippen molar-refractivity contribution in [1.82, 2.24) is 10.2 Å². The second-order valence-electron chi connectivity index (χ2n) is 2.82. The minimum Gasteiger partial charge on any atom is -0.496 e. The van der Waals surface area contributed by atoms with Gasteiger partial charge in [-0.3, -0.25) is 5.10 Å². The molecule has 0 unspecified atom stereocenters. The third-order valence-corrected chi connectivity index (χ3v) is 2.02. The van der Waals surface area contributed by atoms with Crippen molar-refractivity contribution in [2.75, 3.05) is 7.11 Å². The van der Waals surface area contributed by atoms with Crippen LogP contribution in [0.1, 0.15) is 19.5 Å². The Morgan fingerprint density at radius 3 is 2.60 bits per heavy atom. The molecule has 0 aliphatic heterocycles. The monoisotopic (exact) mass is 210 g/mol. The van der Waals surface area contributed by atoms with Gasteiger partial charge in [-0.05, 0) is 19.1 Å². The first-order chi connectivity index (χ1) is 7.24. The van der Waals surface area contributed by atoms with Crippen LogP contribution in [0.25, 0.3) is 10.9 Å². The highest BCUT2D eigenvalue weighted by Gasteiger charge is 2.11. The molecule has 4 heteroatoms. The second-order valence-corrected chi connectivity index (χ2v) is 2.82. The van der Waals surface area contributed by atoms with Gasteiger partial charge in [0.05, 0.1) is 12.5 Å². The van der Waals surface area contributed by atoms with E-state index in [2.05, 4.69) is 10.2 Å². The minimum atomic E-state index is -0.333. The van der Waals surface area contributed by atoms with Crippen LogP contribution in [-0.4, -0.2) is 17.3 Å². The van der Waals surface area contributed by atoms with Crippen molar-refractivity contribution >= 4 is 10.9 Å². The minimum absolute atomic E-state index is 0.330. The molecule has 0 saturated heterocycles. The van der Waals surface area contributed by atoms with Gasteiger partial charge in [-0.2, -0.15) is 5.10 Å². The average molecular weight is 210 g/mol. The molecule has 2 aromatic rings. The number of ether oxygens (including phenoxy) is 1. The number of benzene rings is 1. The van der Waals surface area contributed by atoms with Gasteiger partial charge in [0.2, 0.25) is 0 Å². The Morgan fingerprint density at radius 2 is 2.00 bits per heavy atom. The van der Waals surface area contributed by atoms with Gasteiger partial charge in [-0.15, -0.1) is 0 Å². The van der Waals surface area contributed by atoms with Crippen LogP contribution in [0.4, 0.5) is 4.39 Å². The summed E-state index contributed by atoms with van der Waals surface area (Å²) >= 11 is 0. The normalized spacial score (nSPS) is 9.67. The van der Waals surface area contributed by atoms with Crippen LogP contribution < -0.4 is 4.74 Å². The molecule has 15 heavy (non-hydrogen) atoms. The van der Waals surface area contributed by atoms with Gasteiger partial charge in [0.1, 0.15) is 11.3 Å². The van der Waals surface area contributed by atoms with Crippen LogP contribution in [-0.2, 0) is 0 Å². The molecule has 1 aromatic heterocycles. The smallest absolute Gasteiger partial charge is 0.151 e. The lowest BCUT2D eigenvalue weighted by Crippen LogP contribution is -1.86. The van der Waals surface area contributed by atoms with Gasteiger partial charge in [0.15, 0.2) is 5.82 Å². The molecule has 1 aromatic carbocycles. The molecule has 0 amide bonds. The molecule has 2 rings (SSSR count). The summed E-state index contributed by atoms with van der Waals surface area (Å²) in [6.45, 7) is 5.83. The molecular formula is C11H15FN2O. The predicted octanol–water partition coefficient (Wildman–Crippen LogP) is 3.05. The Hall–Kier alpha value is -1.58. The van der Waals surface area contributed by atoms with E-state index >= 15 is 0 Å². The Morgan fingerprint density at radius 1 is 1.33 bits per heavy atom. The molecule has 0 spiro atoms.